The second-order valence-electron chi connectivity index (χ2n) is 4.67. The summed E-state index contributed by atoms with van der Waals surface area (Å²) < 4.78 is 5.10. The second kappa shape index (κ2) is 4.87. The number of hydrogen-bond acceptors (Lipinski definition) is 5. The Balaban J connectivity index is 1.97. The molecule has 1 aliphatic rings. The topological polar surface area (TPSA) is 67.3 Å². The third kappa shape index (κ3) is 3.06. The zero-order chi connectivity index (χ0) is 12.3. The predicted octanol–water partition coefficient (Wildman–Crippen LogP) is 1.37. The summed E-state index contributed by atoms with van der Waals surface area (Å²) in [4.78, 5) is 8.44. The van der Waals surface area contributed by atoms with Gasteiger partial charge in [-0.15, -0.1) is 0 Å². The molecule has 0 aliphatic heterocycles. The third-order valence-electron chi connectivity index (χ3n) is 3.27. The summed E-state index contributed by atoms with van der Waals surface area (Å²) in [6.45, 7) is 2.95. The summed E-state index contributed by atoms with van der Waals surface area (Å²) in [5.74, 6) is 2.06. The van der Waals surface area contributed by atoms with E-state index >= 15 is 0 Å². The largest absolute Gasteiger partial charge is 0.481 e. The van der Waals surface area contributed by atoms with Crippen LogP contribution in [0.1, 0.15) is 25.1 Å². The Hall–Kier alpha value is -1.36. The average molecular weight is 237 g/mol. The van der Waals surface area contributed by atoms with Crippen LogP contribution in [-0.2, 0) is 0 Å². The van der Waals surface area contributed by atoms with Crippen molar-refractivity contribution in [3.8, 4) is 5.88 Å². The molecule has 17 heavy (non-hydrogen) atoms. The number of hydrogen-bond donors (Lipinski definition) is 2. The number of nitrogens with zero attached hydrogens (tertiary/aromatic N) is 2. The molecule has 0 spiro atoms. The Bertz CT molecular complexity index is 391. The van der Waals surface area contributed by atoms with Crippen molar-refractivity contribution in [2.24, 2.45) is 5.41 Å². The molecule has 2 N–H and O–H groups in total. The molecule has 0 saturated heterocycles. The smallest absolute Gasteiger partial charge is 0.218 e. The van der Waals surface area contributed by atoms with Gasteiger partial charge in [0.25, 0.3) is 0 Å². The van der Waals surface area contributed by atoms with Crippen LogP contribution >= 0.6 is 0 Å². The zero-order valence-corrected chi connectivity index (χ0v) is 10.4. The number of nitrogens with one attached hydrogen (secondary N) is 1. The van der Waals surface area contributed by atoms with E-state index in [0.717, 1.165) is 18.8 Å². The fourth-order valence-corrected chi connectivity index (χ4v) is 1.94. The number of ether oxygens (including phenoxy) is 1. The van der Waals surface area contributed by atoms with Gasteiger partial charge < -0.3 is 15.2 Å². The minimum absolute atomic E-state index is 0.258. The van der Waals surface area contributed by atoms with Crippen molar-refractivity contribution >= 4 is 5.82 Å². The Morgan fingerprint density at radius 2 is 2.24 bits per heavy atom. The summed E-state index contributed by atoms with van der Waals surface area (Å²) in [6, 6.07) is 1.79. The number of anilines is 1. The minimum Gasteiger partial charge on any atom is -0.481 e. The van der Waals surface area contributed by atoms with E-state index in [9.17, 15) is 0 Å². The van der Waals surface area contributed by atoms with E-state index in [1.807, 2.05) is 6.92 Å². The van der Waals surface area contributed by atoms with E-state index < -0.39 is 0 Å². The first-order valence-corrected chi connectivity index (χ1v) is 5.92. The third-order valence-corrected chi connectivity index (χ3v) is 3.27. The van der Waals surface area contributed by atoms with Crippen LogP contribution in [0, 0.1) is 12.3 Å². The van der Waals surface area contributed by atoms with Gasteiger partial charge in [-0.3, -0.25) is 0 Å². The molecule has 1 saturated carbocycles. The van der Waals surface area contributed by atoms with E-state index in [4.69, 9.17) is 9.84 Å². The maximum atomic E-state index is 8.99. The van der Waals surface area contributed by atoms with Gasteiger partial charge in [0.15, 0.2) is 0 Å². The Labute approximate surface area is 101 Å². The van der Waals surface area contributed by atoms with Crippen molar-refractivity contribution in [3.05, 3.63) is 11.9 Å². The summed E-state index contributed by atoms with van der Waals surface area (Å²) in [5, 5.41) is 12.3. The molecule has 0 unspecified atom stereocenters. The highest BCUT2D eigenvalue weighted by molar-refractivity contribution is 5.38. The molecular weight excluding hydrogens is 218 g/mol. The zero-order valence-electron chi connectivity index (χ0n) is 10.4. The molecule has 1 heterocycles. The molecule has 1 aliphatic carbocycles. The Morgan fingerprint density at radius 3 is 2.82 bits per heavy atom. The van der Waals surface area contributed by atoms with Crippen molar-refractivity contribution in [1.29, 1.82) is 0 Å². The molecule has 0 aromatic carbocycles. The Kier molecular flexibility index (Phi) is 3.47. The number of rotatable bonds is 6. The van der Waals surface area contributed by atoms with E-state index in [2.05, 4.69) is 15.3 Å². The van der Waals surface area contributed by atoms with Gasteiger partial charge in [-0.25, -0.2) is 4.98 Å². The van der Waals surface area contributed by atoms with E-state index in [0.29, 0.717) is 11.7 Å². The first-order valence-electron chi connectivity index (χ1n) is 5.92. The van der Waals surface area contributed by atoms with Gasteiger partial charge >= 0.3 is 0 Å². The van der Waals surface area contributed by atoms with Crippen LogP contribution in [0.4, 0.5) is 5.82 Å². The lowest BCUT2D eigenvalue weighted by molar-refractivity contribution is 0.253. The molecule has 0 amide bonds. The van der Waals surface area contributed by atoms with Crippen LogP contribution in [0.25, 0.3) is 0 Å². The van der Waals surface area contributed by atoms with Crippen LogP contribution in [0.2, 0.25) is 0 Å². The molecule has 94 valence electrons. The fraction of sp³-hybridized carbons (Fsp3) is 0.667. The average Bonchev–Trinajstić information content (AvgIpc) is 3.07. The highest BCUT2D eigenvalue weighted by Crippen LogP contribution is 2.48. The molecule has 2 rings (SSSR count). The van der Waals surface area contributed by atoms with Crippen LogP contribution in [0.5, 0.6) is 5.88 Å². The molecule has 1 aromatic rings. The van der Waals surface area contributed by atoms with Crippen molar-refractivity contribution in [2.45, 2.75) is 26.2 Å². The lowest BCUT2D eigenvalue weighted by Gasteiger charge is -2.15. The monoisotopic (exact) mass is 237 g/mol. The standard InChI is InChI=1S/C12H19N3O2/c1-9-14-10(7-11(15-9)17-2)13-8-12(3-4-12)5-6-16/h7,16H,3-6,8H2,1-2H3,(H,13,14,15). The lowest BCUT2D eigenvalue weighted by atomic mass is 10.0. The lowest BCUT2D eigenvalue weighted by Crippen LogP contribution is -2.17. The molecule has 1 aromatic heterocycles. The SMILES string of the molecule is COc1cc(NCC2(CCO)CC2)nc(C)n1. The van der Waals surface area contributed by atoms with Crippen molar-refractivity contribution in [1.82, 2.24) is 9.97 Å². The Morgan fingerprint density at radius 1 is 1.47 bits per heavy atom. The molecule has 0 radical (unpaired) electrons. The van der Waals surface area contributed by atoms with E-state index in [1.165, 1.54) is 12.8 Å². The van der Waals surface area contributed by atoms with E-state index in [-0.39, 0.29) is 12.0 Å². The molecule has 0 atom stereocenters. The number of aliphatic hydroxyl groups excluding tert-OH is 1. The van der Waals surface area contributed by atoms with Gasteiger partial charge in [-0.1, -0.05) is 0 Å². The minimum atomic E-state index is 0.258. The second-order valence-corrected chi connectivity index (χ2v) is 4.67. The van der Waals surface area contributed by atoms with Crippen LogP contribution in [0.3, 0.4) is 0 Å². The van der Waals surface area contributed by atoms with Crippen LogP contribution in [-0.4, -0.2) is 35.3 Å². The number of methoxy groups -OCH3 is 1. The van der Waals surface area contributed by atoms with Gasteiger partial charge in [-0.2, -0.15) is 4.98 Å². The predicted molar refractivity (Wildman–Crippen MR) is 65.2 cm³/mol. The summed E-state index contributed by atoms with van der Waals surface area (Å²) in [7, 11) is 1.60. The van der Waals surface area contributed by atoms with Gasteiger partial charge in [-0.05, 0) is 31.6 Å². The van der Waals surface area contributed by atoms with Crippen LogP contribution < -0.4 is 10.1 Å². The maximum absolute atomic E-state index is 8.99. The quantitative estimate of drug-likeness (QED) is 0.782. The first kappa shape index (κ1) is 12.1. The number of aryl methyl sites for hydroxylation is 1. The fourth-order valence-electron chi connectivity index (χ4n) is 1.94. The highest BCUT2D eigenvalue weighted by atomic mass is 16.5. The van der Waals surface area contributed by atoms with Gasteiger partial charge in [0.05, 0.1) is 7.11 Å². The number of aromatic nitrogens is 2. The van der Waals surface area contributed by atoms with Gasteiger partial charge in [0, 0.05) is 19.2 Å². The van der Waals surface area contributed by atoms with E-state index in [1.54, 1.807) is 13.2 Å². The van der Waals surface area contributed by atoms with Crippen LogP contribution in [0.15, 0.2) is 6.07 Å². The number of aliphatic hydroxyl groups is 1. The summed E-state index contributed by atoms with van der Waals surface area (Å²) >= 11 is 0. The maximum Gasteiger partial charge on any atom is 0.218 e. The molecule has 5 heteroatoms. The first-order chi connectivity index (χ1) is 8.17. The summed E-state index contributed by atoms with van der Waals surface area (Å²) in [6.07, 6.45) is 3.23. The van der Waals surface area contributed by atoms with Crippen molar-refractivity contribution < 1.29 is 9.84 Å². The van der Waals surface area contributed by atoms with Gasteiger partial charge in [0.2, 0.25) is 5.88 Å². The summed E-state index contributed by atoms with van der Waals surface area (Å²) in [5.41, 5.74) is 0.279. The molecule has 5 nitrogen and oxygen atoms in total. The molecular formula is C12H19N3O2. The van der Waals surface area contributed by atoms with Crippen molar-refractivity contribution in [2.75, 3.05) is 25.6 Å². The molecule has 1 fully saturated rings. The molecule has 0 bridgehead atoms. The van der Waals surface area contributed by atoms with Crippen molar-refractivity contribution in [3.63, 3.8) is 0 Å². The van der Waals surface area contributed by atoms with Gasteiger partial charge in [0.1, 0.15) is 11.6 Å². The normalized spacial score (nSPS) is 16.6. The highest BCUT2D eigenvalue weighted by Gasteiger charge is 2.41.